The van der Waals surface area contributed by atoms with Gasteiger partial charge in [0, 0.05) is 24.8 Å². The van der Waals surface area contributed by atoms with Gasteiger partial charge in [0.1, 0.15) is 0 Å². The lowest BCUT2D eigenvalue weighted by molar-refractivity contribution is 0.366. The number of aromatic nitrogens is 4. The van der Waals surface area contributed by atoms with Crippen LogP contribution in [0.15, 0.2) is 41.3 Å². The fourth-order valence-corrected chi connectivity index (χ4v) is 2.61. The number of aryl methyl sites for hydroxylation is 1. The highest BCUT2D eigenvalue weighted by atomic mass is 16.5. The van der Waals surface area contributed by atoms with Crippen LogP contribution in [0.4, 0.5) is 0 Å². The molecule has 3 aromatic rings. The maximum atomic E-state index is 5.34. The second-order valence-corrected chi connectivity index (χ2v) is 6.36. The van der Waals surface area contributed by atoms with E-state index < -0.39 is 0 Å². The lowest BCUT2D eigenvalue weighted by Gasteiger charge is -2.10. The standard InChI is InChI=1S/C18H23N5O/c1-13(2)11-23-12-20-9-15(23)8-19-10-17-21-18(22-24-17)16-7-5-4-6-14(16)3/h4-7,9,12-13,19H,8,10-11H2,1-3H3. The summed E-state index contributed by atoms with van der Waals surface area (Å²) in [5.74, 6) is 1.81. The fraction of sp³-hybridized carbons (Fsp3) is 0.389. The normalized spacial score (nSPS) is 11.3. The Morgan fingerprint density at radius 2 is 2.04 bits per heavy atom. The number of nitrogens with one attached hydrogen (secondary N) is 1. The molecule has 1 N–H and O–H groups in total. The van der Waals surface area contributed by atoms with Gasteiger partial charge in [-0.3, -0.25) is 0 Å². The Labute approximate surface area is 141 Å². The van der Waals surface area contributed by atoms with Gasteiger partial charge in [0.15, 0.2) is 0 Å². The second kappa shape index (κ2) is 7.40. The van der Waals surface area contributed by atoms with Crippen molar-refractivity contribution in [1.29, 1.82) is 0 Å². The molecule has 3 rings (SSSR count). The summed E-state index contributed by atoms with van der Waals surface area (Å²) in [4.78, 5) is 8.69. The number of nitrogens with zero attached hydrogens (tertiary/aromatic N) is 4. The van der Waals surface area contributed by atoms with Crippen LogP contribution < -0.4 is 5.32 Å². The highest BCUT2D eigenvalue weighted by molar-refractivity contribution is 5.58. The van der Waals surface area contributed by atoms with Crippen LogP contribution in [-0.4, -0.2) is 19.7 Å². The monoisotopic (exact) mass is 325 g/mol. The first-order valence-electron chi connectivity index (χ1n) is 8.22. The topological polar surface area (TPSA) is 68.8 Å². The molecule has 0 atom stereocenters. The minimum absolute atomic E-state index is 0.533. The van der Waals surface area contributed by atoms with Gasteiger partial charge in [0.2, 0.25) is 11.7 Å². The van der Waals surface area contributed by atoms with Crippen LogP contribution in [0, 0.1) is 12.8 Å². The van der Waals surface area contributed by atoms with Crippen molar-refractivity contribution in [2.75, 3.05) is 0 Å². The third-order valence-electron chi connectivity index (χ3n) is 3.80. The number of hydrogen-bond acceptors (Lipinski definition) is 5. The van der Waals surface area contributed by atoms with E-state index in [1.54, 1.807) is 0 Å². The third-order valence-corrected chi connectivity index (χ3v) is 3.80. The molecule has 0 aliphatic carbocycles. The highest BCUT2D eigenvalue weighted by Gasteiger charge is 2.10. The van der Waals surface area contributed by atoms with Gasteiger partial charge in [-0.25, -0.2) is 4.98 Å². The Hall–Kier alpha value is -2.47. The summed E-state index contributed by atoms with van der Waals surface area (Å²) >= 11 is 0. The highest BCUT2D eigenvalue weighted by Crippen LogP contribution is 2.19. The maximum Gasteiger partial charge on any atom is 0.240 e. The van der Waals surface area contributed by atoms with Crippen LogP contribution >= 0.6 is 0 Å². The molecule has 2 aromatic heterocycles. The number of rotatable bonds is 7. The Morgan fingerprint density at radius 1 is 1.21 bits per heavy atom. The van der Waals surface area contributed by atoms with Crippen LogP contribution in [-0.2, 0) is 19.6 Å². The molecule has 0 bridgehead atoms. The van der Waals surface area contributed by atoms with E-state index in [0.29, 0.717) is 24.2 Å². The molecular formula is C18H23N5O. The average Bonchev–Trinajstić information content (AvgIpc) is 3.17. The Bertz CT molecular complexity index is 790. The fourth-order valence-electron chi connectivity index (χ4n) is 2.61. The summed E-state index contributed by atoms with van der Waals surface area (Å²) in [6, 6.07) is 8.02. The quantitative estimate of drug-likeness (QED) is 0.722. The van der Waals surface area contributed by atoms with Gasteiger partial charge in [-0.1, -0.05) is 43.3 Å². The summed E-state index contributed by atoms with van der Waals surface area (Å²) in [7, 11) is 0. The molecule has 1 aromatic carbocycles. The molecular weight excluding hydrogens is 302 g/mol. The summed E-state index contributed by atoms with van der Waals surface area (Å²) in [6.07, 6.45) is 3.77. The van der Waals surface area contributed by atoms with Crippen molar-refractivity contribution < 1.29 is 4.52 Å². The molecule has 126 valence electrons. The van der Waals surface area contributed by atoms with Crippen molar-refractivity contribution in [3.8, 4) is 11.4 Å². The smallest absolute Gasteiger partial charge is 0.240 e. The van der Waals surface area contributed by atoms with E-state index in [2.05, 4.69) is 38.9 Å². The number of imidazole rings is 1. The van der Waals surface area contributed by atoms with Crippen molar-refractivity contribution in [1.82, 2.24) is 25.0 Å². The van der Waals surface area contributed by atoms with Crippen molar-refractivity contribution in [3.63, 3.8) is 0 Å². The molecule has 0 fully saturated rings. The van der Waals surface area contributed by atoms with E-state index in [9.17, 15) is 0 Å². The first-order valence-corrected chi connectivity index (χ1v) is 8.22. The molecule has 0 saturated carbocycles. The van der Waals surface area contributed by atoms with Crippen molar-refractivity contribution >= 4 is 0 Å². The SMILES string of the molecule is Cc1ccccc1-c1noc(CNCc2cncn2CC(C)C)n1. The zero-order valence-electron chi connectivity index (χ0n) is 14.4. The van der Waals surface area contributed by atoms with Gasteiger partial charge in [-0.15, -0.1) is 0 Å². The van der Waals surface area contributed by atoms with Gasteiger partial charge < -0.3 is 14.4 Å². The average molecular weight is 325 g/mol. The van der Waals surface area contributed by atoms with Crippen LogP contribution in [0.2, 0.25) is 0 Å². The molecule has 6 heteroatoms. The molecule has 0 radical (unpaired) electrons. The summed E-state index contributed by atoms with van der Waals surface area (Å²) in [5, 5.41) is 7.42. The van der Waals surface area contributed by atoms with Gasteiger partial charge in [0.25, 0.3) is 0 Å². The first kappa shape index (κ1) is 16.4. The molecule has 6 nitrogen and oxygen atoms in total. The minimum Gasteiger partial charge on any atom is -0.338 e. The van der Waals surface area contributed by atoms with Crippen molar-refractivity contribution in [3.05, 3.63) is 53.9 Å². The third kappa shape index (κ3) is 3.89. The molecule has 0 unspecified atom stereocenters. The van der Waals surface area contributed by atoms with E-state index in [1.807, 2.05) is 43.7 Å². The first-order chi connectivity index (χ1) is 11.6. The van der Waals surface area contributed by atoms with Gasteiger partial charge in [-0.2, -0.15) is 4.98 Å². The van der Waals surface area contributed by atoms with Crippen LogP contribution in [0.5, 0.6) is 0 Å². The molecule has 24 heavy (non-hydrogen) atoms. The van der Waals surface area contributed by atoms with E-state index in [1.165, 1.54) is 0 Å². The van der Waals surface area contributed by atoms with E-state index in [-0.39, 0.29) is 0 Å². The van der Waals surface area contributed by atoms with Gasteiger partial charge in [0.05, 0.1) is 18.6 Å². The molecule has 0 aliphatic heterocycles. The Balaban J connectivity index is 1.59. The lowest BCUT2D eigenvalue weighted by Crippen LogP contribution is -2.17. The van der Waals surface area contributed by atoms with Gasteiger partial charge in [-0.05, 0) is 18.4 Å². The molecule has 0 amide bonds. The molecule has 0 saturated heterocycles. The van der Waals surface area contributed by atoms with Crippen LogP contribution in [0.25, 0.3) is 11.4 Å². The van der Waals surface area contributed by atoms with E-state index in [4.69, 9.17) is 4.52 Å². The zero-order valence-corrected chi connectivity index (χ0v) is 14.4. The van der Waals surface area contributed by atoms with E-state index >= 15 is 0 Å². The Morgan fingerprint density at radius 3 is 2.83 bits per heavy atom. The predicted octanol–water partition coefficient (Wildman–Crippen LogP) is 3.19. The Kier molecular flexibility index (Phi) is 5.05. The van der Waals surface area contributed by atoms with Crippen molar-refractivity contribution in [2.45, 2.75) is 40.4 Å². The number of benzene rings is 1. The number of hydrogen-bond donors (Lipinski definition) is 1. The minimum atomic E-state index is 0.533. The van der Waals surface area contributed by atoms with Crippen molar-refractivity contribution in [2.24, 2.45) is 5.92 Å². The van der Waals surface area contributed by atoms with E-state index in [0.717, 1.165) is 29.9 Å². The lowest BCUT2D eigenvalue weighted by atomic mass is 10.1. The molecule has 2 heterocycles. The van der Waals surface area contributed by atoms with Crippen LogP contribution in [0.1, 0.15) is 31.0 Å². The predicted molar refractivity (Wildman–Crippen MR) is 92.1 cm³/mol. The second-order valence-electron chi connectivity index (χ2n) is 6.36. The van der Waals surface area contributed by atoms with Crippen LogP contribution in [0.3, 0.4) is 0 Å². The summed E-state index contributed by atoms with van der Waals surface area (Å²) in [6.45, 7) is 8.65. The zero-order chi connectivity index (χ0) is 16.9. The summed E-state index contributed by atoms with van der Waals surface area (Å²) < 4.78 is 7.51. The summed E-state index contributed by atoms with van der Waals surface area (Å²) in [5.41, 5.74) is 3.29. The van der Waals surface area contributed by atoms with Gasteiger partial charge >= 0.3 is 0 Å². The molecule has 0 spiro atoms. The maximum absolute atomic E-state index is 5.34. The largest absolute Gasteiger partial charge is 0.338 e. The molecule has 0 aliphatic rings.